The van der Waals surface area contributed by atoms with Crippen molar-refractivity contribution in [3.8, 4) is 0 Å². The van der Waals surface area contributed by atoms with Crippen molar-refractivity contribution >= 4 is 5.52 Å². The molecule has 0 N–H and O–H groups in total. The molecule has 0 saturated heterocycles. The van der Waals surface area contributed by atoms with Gasteiger partial charge in [-0.05, 0) is 31.0 Å². The molecule has 0 aliphatic heterocycles. The number of hydrogen-bond donors (Lipinski definition) is 0. The molecule has 3 rings (SSSR count). The number of benzene rings is 1. The van der Waals surface area contributed by atoms with E-state index in [0.29, 0.717) is 0 Å². The summed E-state index contributed by atoms with van der Waals surface area (Å²) < 4.78 is 2.18. The van der Waals surface area contributed by atoms with Gasteiger partial charge in [-0.25, -0.2) is 4.98 Å². The number of rotatable bonds is 2. The van der Waals surface area contributed by atoms with Crippen molar-refractivity contribution in [3.63, 3.8) is 0 Å². The van der Waals surface area contributed by atoms with Gasteiger partial charge >= 0.3 is 0 Å². The van der Waals surface area contributed by atoms with Crippen LogP contribution in [-0.4, -0.2) is 9.38 Å². The lowest BCUT2D eigenvalue weighted by atomic mass is 10.1. The Morgan fingerprint density at radius 1 is 1.06 bits per heavy atom. The van der Waals surface area contributed by atoms with E-state index in [1.165, 1.54) is 16.7 Å². The second-order valence-electron chi connectivity index (χ2n) is 4.84. The van der Waals surface area contributed by atoms with Gasteiger partial charge in [-0.1, -0.05) is 35.9 Å². The monoisotopic (exact) mass is 236 g/mol. The Balaban J connectivity index is 2.02. The molecule has 0 fully saturated rings. The maximum Gasteiger partial charge on any atom is 0.117 e. The van der Waals surface area contributed by atoms with Crippen LogP contribution in [0.25, 0.3) is 5.52 Å². The van der Waals surface area contributed by atoms with Gasteiger partial charge in [-0.2, -0.15) is 0 Å². The third-order valence-corrected chi connectivity index (χ3v) is 3.20. The number of aromatic nitrogens is 2. The number of imidazole rings is 1. The van der Waals surface area contributed by atoms with Gasteiger partial charge in [0, 0.05) is 12.6 Å². The van der Waals surface area contributed by atoms with Crippen molar-refractivity contribution in [2.45, 2.75) is 20.3 Å². The fourth-order valence-electron chi connectivity index (χ4n) is 2.29. The maximum atomic E-state index is 4.52. The summed E-state index contributed by atoms with van der Waals surface area (Å²) >= 11 is 0. The van der Waals surface area contributed by atoms with Gasteiger partial charge in [-0.3, -0.25) is 0 Å². The van der Waals surface area contributed by atoms with Gasteiger partial charge in [0.15, 0.2) is 0 Å². The van der Waals surface area contributed by atoms with E-state index in [2.05, 4.69) is 65.8 Å². The lowest BCUT2D eigenvalue weighted by Crippen LogP contribution is -1.97. The molecule has 0 unspecified atom stereocenters. The number of pyridine rings is 1. The molecule has 3 aromatic rings. The summed E-state index contributed by atoms with van der Waals surface area (Å²) in [5.41, 5.74) is 5.02. The fourth-order valence-corrected chi connectivity index (χ4v) is 2.29. The lowest BCUT2D eigenvalue weighted by Gasteiger charge is -2.04. The molecule has 0 spiro atoms. The van der Waals surface area contributed by atoms with Gasteiger partial charge in [0.25, 0.3) is 0 Å². The topological polar surface area (TPSA) is 17.3 Å². The molecule has 0 amide bonds. The first-order valence-corrected chi connectivity index (χ1v) is 6.20. The van der Waals surface area contributed by atoms with Crippen LogP contribution in [0, 0.1) is 13.8 Å². The first-order valence-electron chi connectivity index (χ1n) is 6.20. The average molecular weight is 236 g/mol. The van der Waals surface area contributed by atoms with Crippen LogP contribution in [0.1, 0.15) is 22.5 Å². The van der Waals surface area contributed by atoms with E-state index in [1.54, 1.807) is 0 Å². The highest BCUT2D eigenvalue weighted by Gasteiger charge is 2.04. The quantitative estimate of drug-likeness (QED) is 0.665. The molecule has 0 aliphatic carbocycles. The summed E-state index contributed by atoms with van der Waals surface area (Å²) in [6.45, 7) is 4.23. The fraction of sp³-hybridized carbons (Fsp3) is 0.188. The molecule has 1 aromatic carbocycles. The summed E-state index contributed by atoms with van der Waals surface area (Å²) in [4.78, 5) is 4.52. The van der Waals surface area contributed by atoms with E-state index in [0.717, 1.165) is 17.8 Å². The molecular formula is C16H16N2. The molecule has 0 radical (unpaired) electrons. The Morgan fingerprint density at radius 2 is 1.94 bits per heavy atom. The number of hydrogen-bond acceptors (Lipinski definition) is 1. The minimum Gasteiger partial charge on any atom is -0.303 e. The summed E-state index contributed by atoms with van der Waals surface area (Å²) in [5, 5.41) is 0. The van der Waals surface area contributed by atoms with Crippen molar-refractivity contribution in [2.24, 2.45) is 0 Å². The van der Waals surface area contributed by atoms with E-state index >= 15 is 0 Å². The van der Waals surface area contributed by atoms with Crippen LogP contribution in [0.15, 0.2) is 48.8 Å². The first kappa shape index (κ1) is 11.0. The highest BCUT2D eigenvalue weighted by molar-refractivity contribution is 5.47. The smallest absolute Gasteiger partial charge is 0.117 e. The second-order valence-corrected chi connectivity index (χ2v) is 4.84. The van der Waals surface area contributed by atoms with Crippen LogP contribution in [-0.2, 0) is 6.42 Å². The van der Waals surface area contributed by atoms with Gasteiger partial charge in [0.2, 0.25) is 0 Å². The molecule has 18 heavy (non-hydrogen) atoms. The molecule has 2 nitrogen and oxygen atoms in total. The standard InChI is InChI=1S/C16H16N2/c1-12-4-3-5-14(8-12)9-16-17-10-15-7-6-13(2)11-18(15)16/h3-8,10-11H,9H2,1-2H3. The normalized spacial score (nSPS) is 11.0. The molecule has 0 saturated carbocycles. The minimum atomic E-state index is 0.874. The van der Waals surface area contributed by atoms with Crippen molar-refractivity contribution in [1.29, 1.82) is 0 Å². The van der Waals surface area contributed by atoms with Gasteiger partial charge in [0.1, 0.15) is 5.82 Å². The second kappa shape index (κ2) is 4.30. The van der Waals surface area contributed by atoms with Crippen LogP contribution in [0.3, 0.4) is 0 Å². The molecule has 0 aliphatic rings. The van der Waals surface area contributed by atoms with Crippen LogP contribution >= 0.6 is 0 Å². The molecule has 0 bridgehead atoms. The van der Waals surface area contributed by atoms with Crippen LogP contribution < -0.4 is 0 Å². The van der Waals surface area contributed by atoms with Crippen molar-refractivity contribution in [3.05, 3.63) is 71.3 Å². The summed E-state index contributed by atoms with van der Waals surface area (Å²) in [5.74, 6) is 1.10. The van der Waals surface area contributed by atoms with E-state index in [-0.39, 0.29) is 0 Å². The van der Waals surface area contributed by atoms with Crippen molar-refractivity contribution < 1.29 is 0 Å². The molecule has 0 atom stereocenters. The van der Waals surface area contributed by atoms with E-state index < -0.39 is 0 Å². The largest absolute Gasteiger partial charge is 0.303 e. The Hall–Kier alpha value is -2.09. The zero-order valence-corrected chi connectivity index (χ0v) is 10.7. The van der Waals surface area contributed by atoms with E-state index in [9.17, 15) is 0 Å². The maximum absolute atomic E-state index is 4.52. The highest BCUT2D eigenvalue weighted by atomic mass is 15.0. The van der Waals surface area contributed by atoms with Crippen LogP contribution in [0.4, 0.5) is 0 Å². The predicted octanol–water partition coefficient (Wildman–Crippen LogP) is 3.54. The summed E-state index contributed by atoms with van der Waals surface area (Å²) in [7, 11) is 0. The Bertz CT molecular complexity index is 695. The van der Waals surface area contributed by atoms with Gasteiger partial charge < -0.3 is 4.40 Å². The van der Waals surface area contributed by atoms with Crippen molar-refractivity contribution in [1.82, 2.24) is 9.38 Å². The molecule has 2 heteroatoms. The molecule has 2 aromatic heterocycles. The molecule has 90 valence electrons. The third kappa shape index (κ3) is 2.02. The predicted molar refractivity (Wildman–Crippen MR) is 73.9 cm³/mol. The SMILES string of the molecule is Cc1cccc(Cc2ncc3ccc(C)cn23)c1. The van der Waals surface area contributed by atoms with Gasteiger partial charge in [0.05, 0.1) is 11.7 Å². The zero-order chi connectivity index (χ0) is 12.5. The van der Waals surface area contributed by atoms with Crippen LogP contribution in [0.5, 0.6) is 0 Å². The van der Waals surface area contributed by atoms with Gasteiger partial charge in [-0.15, -0.1) is 0 Å². The third-order valence-electron chi connectivity index (χ3n) is 3.20. The first-order chi connectivity index (χ1) is 8.72. The number of fused-ring (bicyclic) bond motifs is 1. The summed E-state index contributed by atoms with van der Waals surface area (Å²) in [6.07, 6.45) is 4.96. The van der Waals surface area contributed by atoms with E-state index in [4.69, 9.17) is 0 Å². The number of aryl methyl sites for hydroxylation is 2. The Labute approximate surface area is 107 Å². The average Bonchev–Trinajstić information content (AvgIpc) is 2.72. The Morgan fingerprint density at radius 3 is 2.78 bits per heavy atom. The number of nitrogens with zero attached hydrogens (tertiary/aromatic N) is 2. The Kier molecular flexibility index (Phi) is 2.63. The zero-order valence-electron chi connectivity index (χ0n) is 10.7. The van der Waals surface area contributed by atoms with Crippen molar-refractivity contribution in [2.75, 3.05) is 0 Å². The highest BCUT2D eigenvalue weighted by Crippen LogP contribution is 2.13. The van der Waals surface area contributed by atoms with E-state index in [1.807, 2.05) is 6.20 Å². The summed E-state index contributed by atoms with van der Waals surface area (Å²) in [6, 6.07) is 12.8. The minimum absolute atomic E-state index is 0.874. The molecule has 2 heterocycles. The van der Waals surface area contributed by atoms with Crippen LogP contribution in [0.2, 0.25) is 0 Å². The molecular weight excluding hydrogens is 220 g/mol. The lowest BCUT2D eigenvalue weighted by molar-refractivity contribution is 0.955.